The Labute approximate surface area is 477 Å². The summed E-state index contributed by atoms with van der Waals surface area (Å²) in [6, 6.07) is 0. The number of hydrogen-bond acceptors (Lipinski definition) is 6. The van der Waals surface area contributed by atoms with Crippen LogP contribution < -0.4 is 0 Å². The summed E-state index contributed by atoms with van der Waals surface area (Å²) in [7, 11) is 0. The van der Waals surface area contributed by atoms with Crippen LogP contribution in [-0.4, -0.2) is 37.2 Å². The second-order valence-corrected chi connectivity index (χ2v) is 21.6. The van der Waals surface area contributed by atoms with Crippen LogP contribution in [0.2, 0.25) is 0 Å². The number of unbranched alkanes of at least 4 members (excludes halogenated alkanes) is 32. The topological polar surface area (TPSA) is 78.9 Å². The van der Waals surface area contributed by atoms with Crippen molar-refractivity contribution in [1.82, 2.24) is 0 Å². The summed E-state index contributed by atoms with van der Waals surface area (Å²) in [5, 5.41) is 0. The van der Waals surface area contributed by atoms with Gasteiger partial charge < -0.3 is 14.2 Å². The molecule has 442 valence electrons. The maximum Gasteiger partial charge on any atom is 0.306 e. The first kappa shape index (κ1) is 73.3. The molecular formula is C71H122O6. The van der Waals surface area contributed by atoms with Gasteiger partial charge in [-0.2, -0.15) is 0 Å². The maximum absolute atomic E-state index is 12.9. The molecule has 0 radical (unpaired) electrons. The van der Waals surface area contributed by atoms with Gasteiger partial charge in [0.2, 0.25) is 0 Å². The van der Waals surface area contributed by atoms with Gasteiger partial charge in [0.15, 0.2) is 6.10 Å². The van der Waals surface area contributed by atoms with Gasteiger partial charge >= 0.3 is 17.9 Å². The third-order valence-corrected chi connectivity index (χ3v) is 14.0. The van der Waals surface area contributed by atoms with Gasteiger partial charge in [-0.1, -0.05) is 272 Å². The highest BCUT2D eigenvalue weighted by Gasteiger charge is 2.19. The number of rotatable bonds is 59. The summed E-state index contributed by atoms with van der Waals surface area (Å²) in [6.07, 6.45) is 86.9. The van der Waals surface area contributed by atoms with Crippen molar-refractivity contribution in [3.8, 4) is 0 Å². The smallest absolute Gasteiger partial charge is 0.306 e. The molecule has 0 aliphatic rings. The third-order valence-electron chi connectivity index (χ3n) is 14.0. The average Bonchev–Trinajstić information content (AvgIpc) is 3.43. The second kappa shape index (κ2) is 64.9. The molecule has 0 bridgehead atoms. The molecule has 0 fully saturated rings. The summed E-state index contributed by atoms with van der Waals surface area (Å²) < 4.78 is 16.9. The van der Waals surface area contributed by atoms with Crippen molar-refractivity contribution in [1.29, 1.82) is 0 Å². The molecule has 6 heteroatoms. The lowest BCUT2D eigenvalue weighted by molar-refractivity contribution is -0.167. The lowest BCUT2D eigenvalue weighted by Gasteiger charge is -2.18. The van der Waals surface area contributed by atoms with Crippen molar-refractivity contribution in [2.75, 3.05) is 13.2 Å². The molecule has 0 saturated heterocycles. The number of ether oxygens (including phenoxy) is 3. The van der Waals surface area contributed by atoms with Crippen molar-refractivity contribution in [3.05, 3.63) is 97.2 Å². The zero-order valence-corrected chi connectivity index (χ0v) is 50.7. The molecule has 0 aromatic heterocycles. The van der Waals surface area contributed by atoms with Crippen LogP contribution in [0.1, 0.15) is 316 Å². The molecule has 0 amide bonds. The molecule has 0 aromatic carbocycles. The first-order valence-electron chi connectivity index (χ1n) is 32.7. The highest BCUT2D eigenvalue weighted by atomic mass is 16.6. The van der Waals surface area contributed by atoms with Crippen molar-refractivity contribution in [2.45, 2.75) is 322 Å². The SMILES string of the molecule is CC/C=C\C/C=C\C/C=C\C/C=C\CCCCCCCCC(=O)OC(COC(=O)CCCCCCCCC/C=C\CCCCCCCC)COC(=O)CCCCCCCCCC/C=C\C/C=C\C/C=C\CCCCCCC. The molecule has 0 N–H and O–H groups in total. The quantitative estimate of drug-likeness (QED) is 0.0261. The Morgan fingerprint density at radius 2 is 0.506 bits per heavy atom. The highest BCUT2D eigenvalue weighted by molar-refractivity contribution is 5.71. The fraction of sp³-hybridized carbons (Fsp3) is 0.732. The standard InChI is InChI=1S/C71H122O6/c1-4-7-10-13-16-19-22-25-28-31-33-34-35-36-38-40-43-46-49-52-55-58-61-64-70(73)76-67-68(66-75-69(72)63-60-57-54-51-48-45-42-39-30-27-24-21-18-15-12-9-6-3)77-71(74)65-62-59-56-53-50-47-44-41-37-32-29-26-23-20-17-14-11-8-5-2/h8,11,17,20,22,25-27,29-31,33,35-37,41,68H,4-7,9-10,12-16,18-19,21,23-24,28,32,34,38-40,42-67H2,1-3H3/b11-8-,20-17-,25-22-,29-26-,30-27-,33-31-,36-35-,41-37-. The molecular weight excluding hydrogens is 949 g/mol. The number of esters is 3. The van der Waals surface area contributed by atoms with Crippen LogP contribution in [0.25, 0.3) is 0 Å². The fourth-order valence-electron chi connectivity index (χ4n) is 9.14. The molecule has 0 rings (SSSR count). The normalized spacial score (nSPS) is 12.7. The third kappa shape index (κ3) is 63.0. The van der Waals surface area contributed by atoms with E-state index < -0.39 is 6.10 Å². The predicted octanol–water partition coefficient (Wildman–Crippen LogP) is 22.4. The van der Waals surface area contributed by atoms with Crippen LogP contribution >= 0.6 is 0 Å². The van der Waals surface area contributed by atoms with E-state index in [-0.39, 0.29) is 31.1 Å². The minimum absolute atomic E-state index is 0.0877. The zero-order valence-electron chi connectivity index (χ0n) is 50.7. The van der Waals surface area contributed by atoms with Crippen LogP contribution in [0.4, 0.5) is 0 Å². The van der Waals surface area contributed by atoms with E-state index in [0.29, 0.717) is 19.3 Å². The molecule has 0 saturated carbocycles. The van der Waals surface area contributed by atoms with Gasteiger partial charge in [0.25, 0.3) is 0 Å². The molecule has 0 heterocycles. The lowest BCUT2D eigenvalue weighted by Crippen LogP contribution is -2.30. The Bertz CT molecular complexity index is 1510. The molecule has 6 nitrogen and oxygen atoms in total. The van der Waals surface area contributed by atoms with Crippen molar-refractivity contribution < 1.29 is 28.6 Å². The lowest BCUT2D eigenvalue weighted by atomic mass is 10.1. The summed E-state index contributed by atoms with van der Waals surface area (Å²) >= 11 is 0. The Morgan fingerprint density at radius 1 is 0.273 bits per heavy atom. The van der Waals surface area contributed by atoms with E-state index in [4.69, 9.17) is 14.2 Å². The summed E-state index contributed by atoms with van der Waals surface area (Å²) in [6.45, 7) is 6.52. The molecule has 1 atom stereocenters. The molecule has 0 aliphatic heterocycles. The van der Waals surface area contributed by atoms with Gasteiger partial charge in [0, 0.05) is 19.3 Å². The van der Waals surface area contributed by atoms with E-state index in [1.165, 1.54) is 161 Å². The zero-order chi connectivity index (χ0) is 55.7. The van der Waals surface area contributed by atoms with E-state index in [1.54, 1.807) is 0 Å². The van der Waals surface area contributed by atoms with Crippen molar-refractivity contribution >= 4 is 17.9 Å². The van der Waals surface area contributed by atoms with Crippen LogP contribution in [-0.2, 0) is 28.6 Å². The molecule has 0 spiro atoms. The minimum atomic E-state index is -0.793. The van der Waals surface area contributed by atoms with E-state index in [0.717, 1.165) is 116 Å². The first-order chi connectivity index (χ1) is 38.0. The van der Waals surface area contributed by atoms with Gasteiger partial charge in [0.1, 0.15) is 13.2 Å². The van der Waals surface area contributed by atoms with Crippen molar-refractivity contribution in [3.63, 3.8) is 0 Å². The average molecular weight is 1070 g/mol. The van der Waals surface area contributed by atoms with E-state index in [9.17, 15) is 14.4 Å². The summed E-state index contributed by atoms with van der Waals surface area (Å²) in [5.74, 6) is -0.902. The molecule has 0 aliphatic carbocycles. The van der Waals surface area contributed by atoms with Gasteiger partial charge in [-0.15, -0.1) is 0 Å². The van der Waals surface area contributed by atoms with E-state index >= 15 is 0 Å². The van der Waals surface area contributed by atoms with Crippen LogP contribution in [0.5, 0.6) is 0 Å². The Balaban J connectivity index is 4.42. The number of allylic oxidation sites excluding steroid dienone is 16. The van der Waals surface area contributed by atoms with Gasteiger partial charge in [-0.3, -0.25) is 14.4 Å². The summed E-state index contributed by atoms with van der Waals surface area (Å²) in [4.78, 5) is 38.4. The van der Waals surface area contributed by atoms with Crippen LogP contribution in [0.15, 0.2) is 97.2 Å². The van der Waals surface area contributed by atoms with Crippen molar-refractivity contribution in [2.24, 2.45) is 0 Å². The predicted molar refractivity (Wildman–Crippen MR) is 334 cm³/mol. The van der Waals surface area contributed by atoms with Gasteiger partial charge in [-0.05, 0) is 122 Å². The second-order valence-electron chi connectivity index (χ2n) is 21.6. The Morgan fingerprint density at radius 3 is 0.805 bits per heavy atom. The molecule has 77 heavy (non-hydrogen) atoms. The molecule has 0 aromatic rings. The van der Waals surface area contributed by atoms with Gasteiger partial charge in [-0.25, -0.2) is 0 Å². The number of carbonyl (C=O) groups excluding carboxylic acids is 3. The minimum Gasteiger partial charge on any atom is -0.462 e. The molecule has 1 unspecified atom stereocenters. The van der Waals surface area contributed by atoms with E-state index in [1.807, 2.05) is 0 Å². The number of carbonyl (C=O) groups is 3. The highest BCUT2D eigenvalue weighted by Crippen LogP contribution is 2.16. The van der Waals surface area contributed by atoms with Crippen LogP contribution in [0.3, 0.4) is 0 Å². The maximum atomic E-state index is 12.9. The Kier molecular flexibility index (Phi) is 61.8. The van der Waals surface area contributed by atoms with Crippen LogP contribution in [0, 0.1) is 0 Å². The largest absolute Gasteiger partial charge is 0.462 e. The number of hydrogen-bond donors (Lipinski definition) is 0. The van der Waals surface area contributed by atoms with E-state index in [2.05, 4.69) is 118 Å². The first-order valence-corrected chi connectivity index (χ1v) is 32.7. The summed E-state index contributed by atoms with van der Waals surface area (Å²) in [5.41, 5.74) is 0. The fourth-order valence-corrected chi connectivity index (χ4v) is 9.14. The monoisotopic (exact) mass is 1070 g/mol. The Hall–Kier alpha value is -3.67. The van der Waals surface area contributed by atoms with Gasteiger partial charge in [0.05, 0.1) is 0 Å².